The van der Waals surface area contributed by atoms with Gasteiger partial charge in [0.05, 0.1) is 24.2 Å². The highest BCUT2D eigenvalue weighted by atomic mass is 32.2. The van der Waals surface area contributed by atoms with E-state index >= 15 is 0 Å². The van der Waals surface area contributed by atoms with Crippen molar-refractivity contribution in [2.45, 2.75) is 30.3 Å². The first-order valence-electron chi connectivity index (χ1n) is 10.6. The Morgan fingerprint density at radius 1 is 1.16 bits per heavy atom. The third-order valence-electron chi connectivity index (χ3n) is 5.32. The predicted octanol–water partition coefficient (Wildman–Crippen LogP) is 2.18. The number of hydrogen-bond acceptors (Lipinski definition) is 7. The lowest BCUT2D eigenvalue weighted by Crippen LogP contribution is -2.50. The van der Waals surface area contributed by atoms with Crippen LogP contribution in [0.15, 0.2) is 51.8 Å². The number of carbonyl (C=O) groups excluding carboxylic acids is 1. The summed E-state index contributed by atoms with van der Waals surface area (Å²) in [6.45, 7) is 4.91. The lowest BCUT2D eigenvalue weighted by Gasteiger charge is -2.33. The van der Waals surface area contributed by atoms with Gasteiger partial charge >= 0.3 is 0 Å². The zero-order valence-corrected chi connectivity index (χ0v) is 20.1. The number of nitrogens with one attached hydrogen (secondary N) is 2. The van der Waals surface area contributed by atoms with Gasteiger partial charge in [0, 0.05) is 19.6 Å². The van der Waals surface area contributed by atoms with Crippen LogP contribution in [0, 0.1) is 6.92 Å². The molecule has 32 heavy (non-hydrogen) atoms. The molecule has 0 aliphatic carbocycles. The summed E-state index contributed by atoms with van der Waals surface area (Å²) in [6.07, 6.45) is 2.31. The van der Waals surface area contributed by atoms with Crippen LogP contribution in [0.5, 0.6) is 0 Å². The molecule has 2 heterocycles. The van der Waals surface area contributed by atoms with Crippen molar-refractivity contribution in [3.8, 4) is 0 Å². The molecule has 1 aromatic heterocycles. The van der Waals surface area contributed by atoms with Crippen molar-refractivity contribution in [2.75, 3.05) is 44.9 Å². The summed E-state index contributed by atoms with van der Waals surface area (Å²) in [5.41, 5.74) is 0. The molecule has 3 rings (SSSR count). The van der Waals surface area contributed by atoms with E-state index in [2.05, 4.69) is 14.9 Å². The summed E-state index contributed by atoms with van der Waals surface area (Å²) < 4.78 is 39.5. The first kappa shape index (κ1) is 24.8. The number of sulfonamides is 1. The molecule has 1 amide bonds. The molecule has 8 nitrogen and oxygen atoms in total. The van der Waals surface area contributed by atoms with E-state index < -0.39 is 16.1 Å². The number of morpholine rings is 1. The second kappa shape index (κ2) is 11.9. The minimum atomic E-state index is -3.81. The number of furan rings is 1. The summed E-state index contributed by atoms with van der Waals surface area (Å²) in [5, 5.41) is 2.95. The highest BCUT2D eigenvalue weighted by Gasteiger charge is 2.29. The van der Waals surface area contributed by atoms with Gasteiger partial charge in [-0.2, -0.15) is 16.5 Å². The van der Waals surface area contributed by atoms with Crippen LogP contribution in [0.1, 0.15) is 24.0 Å². The number of carbonyl (C=O) groups is 1. The average molecular weight is 482 g/mol. The molecular formula is C22H31N3O5S2. The van der Waals surface area contributed by atoms with Crippen LogP contribution in [0.25, 0.3) is 0 Å². The van der Waals surface area contributed by atoms with E-state index in [1.165, 1.54) is 12.1 Å². The fourth-order valence-corrected chi connectivity index (χ4v) is 5.31. The van der Waals surface area contributed by atoms with Crippen molar-refractivity contribution in [3.63, 3.8) is 0 Å². The molecule has 1 aromatic carbocycles. The monoisotopic (exact) mass is 481 g/mol. The highest BCUT2D eigenvalue weighted by molar-refractivity contribution is 7.98. The van der Waals surface area contributed by atoms with Crippen molar-refractivity contribution < 1.29 is 22.4 Å². The molecule has 0 spiro atoms. The van der Waals surface area contributed by atoms with E-state index in [-0.39, 0.29) is 16.8 Å². The molecule has 2 atom stereocenters. The Hall–Kier alpha value is -1.85. The van der Waals surface area contributed by atoms with Crippen molar-refractivity contribution in [1.29, 1.82) is 0 Å². The SMILES string of the molecule is CSCCC(NS(=O)(=O)c1ccccc1)C(=O)NCC(c1ccc(C)o1)N1CCOCC1. The normalized spacial score (nSPS) is 17.1. The van der Waals surface area contributed by atoms with Gasteiger partial charge in [-0.05, 0) is 49.6 Å². The molecule has 0 bridgehead atoms. The molecule has 0 radical (unpaired) electrons. The van der Waals surface area contributed by atoms with Crippen LogP contribution in [0.4, 0.5) is 0 Å². The van der Waals surface area contributed by atoms with Gasteiger partial charge < -0.3 is 14.5 Å². The summed E-state index contributed by atoms with van der Waals surface area (Å²) >= 11 is 1.56. The standard InChI is InChI=1S/C22H31N3O5S2/c1-17-8-9-21(30-17)20(25-11-13-29-14-12-25)16-23-22(26)19(10-15-31-2)24-32(27,28)18-6-4-3-5-7-18/h3-9,19-20,24H,10-16H2,1-2H3,(H,23,26). The highest BCUT2D eigenvalue weighted by Crippen LogP contribution is 2.23. The molecule has 2 aromatic rings. The van der Waals surface area contributed by atoms with Crippen LogP contribution < -0.4 is 10.0 Å². The molecule has 176 valence electrons. The van der Waals surface area contributed by atoms with Crippen molar-refractivity contribution in [2.24, 2.45) is 0 Å². The van der Waals surface area contributed by atoms with E-state index in [9.17, 15) is 13.2 Å². The van der Waals surface area contributed by atoms with Gasteiger partial charge in [-0.25, -0.2) is 8.42 Å². The number of benzene rings is 1. The molecular weight excluding hydrogens is 450 g/mol. The maximum absolute atomic E-state index is 13.1. The van der Waals surface area contributed by atoms with Gasteiger partial charge in [0.2, 0.25) is 15.9 Å². The lowest BCUT2D eigenvalue weighted by atomic mass is 10.1. The van der Waals surface area contributed by atoms with Crippen LogP contribution >= 0.6 is 11.8 Å². The molecule has 1 aliphatic heterocycles. The van der Waals surface area contributed by atoms with E-state index in [0.717, 1.165) is 24.6 Å². The summed E-state index contributed by atoms with van der Waals surface area (Å²) in [4.78, 5) is 15.4. The summed E-state index contributed by atoms with van der Waals surface area (Å²) in [7, 11) is -3.81. The molecule has 2 N–H and O–H groups in total. The quantitative estimate of drug-likeness (QED) is 0.507. The van der Waals surface area contributed by atoms with E-state index in [1.807, 2.05) is 25.3 Å². The third-order valence-corrected chi connectivity index (χ3v) is 7.46. The van der Waals surface area contributed by atoms with Gasteiger partial charge in [0.1, 0.15) is 17.6 Å². The smallest absolute Gasteiger partial charge is 0.241 e. The van der Waals surface area contributed by atoms with Gasteiger partial charge in [-0.3, -0.25) is 9.69 Å². The van der Waals surface area contributed by atoms with Gasteiger partial charge in [-0.1, -0.05) is 18.2 Å². The number of amides is 1. The topological polar surface area (TPSA) is 101 Å². The Morgan fingerprint density at radius 2 is 1.88 bits per heavy atom. The van der Waals surface area contributed by atoms with Crippen molar-refractivity contribution in [3.05, 3.63) is 54.0 Å². The summed E-state index contributed by atoms with van der Waals surface area (Å²) in [6, 6.07) is 10.9. The zero-order chi connectivity index (χ0) is 23.0. The van der Waals surface area contributed by atoms with Crippen LogP contribution in [-0.2, 0) is 19.6 Å². The molecule has 10 heteroatoms. The van der Waals surface area contributed by atoms with Crippen LogP contribution in [-0.4, -0.2) is 70.1 Å². The first-order chi connectivity index (χ1) is 15.4. The minimum absolute atomic E-state index is 0.138. The van der Waals surface area contributed by atoms with Gasteiger partial charge in [0.25, 0.3) is 0 Å². The maximum Gasteiger partial charge on any atom is 0.241 e. The van der Waals surface area contributed by atoms with Crippen molar-refractivity contribution >= 4 is 27.7 Å². The number of aryl methyl sites for hydroxylation is 1. The van der Waals surface area contributed by atoms with Crippen molar-refractivity contribution in [1.82, 2.24) is 14.9 Å². The van der Waals surface area contributed by atoms with Crippen LogP contribution in [0.3, 0.4) is 0 Å². The Kier molecular flexibility index (Phi) is 9.18. The van der Waals surface area contributed by atoms with Crippen LogP contribution in [0.2, 0.25) is 0 Å². The van der Waals surface area contributed by atoms with Gasteiger partial charge in [0.15, 0.2) is 0 Å². The number of nitrogens with zero attached hydrogens (tertiary/aromatic N) is 1. The summed E-state index contributed by atoms with van der Waals surface area (Å²) in [5.74, 6) is 1.88. The molecule has 1 saturated heterocycles. The molecule has 1 fully saturated rings. The molecule has 1 aliphatic rings. The fourth-order valence-electron chi connectivity index (χ4n) is 3.59. The number of rotatable bonds is 11. The average Bonchev–Trinajstić information content (AvgIpc) is 3.23. The van der Waals surface area contributed by atoms with E-state index in [1.54, 1.807) is 30.0 Å². The second-order valence-corrected chi connectivity index (χ2v) is 10.3. The number of ether oxygens (including phenoxy) is 1. The number of hydrogen-bond donors (Lipinski definition) is 2. The minimum Gasteiger partial charge on any atom is -0.465 e. The third kappa shape index (κ3) is 6.82. The second-order valence-electron chi connectivity index (χ2n) is 7.63. The van der Waals surface area contributed by atoms with Gasteiger partial charge in [-0.15, -0.1) is 0 Å². The fraction of sp³-hybridized carbons (Fsp3) is 0.500. The molecule has 0 saturated carbocycles. The Morgan fingerprint density at radius 3 is 2.50 bits per heavy atom. The largest absolute Gasteiger partial charge is 0.465 e. The zero-order valence-electron chi connectivity index (χ0n) is 18.5. The Bertz CT molecular complexity index is 959. The Balaban J connectivity index is 1.71. The lowest BCUT2D eigenvalue weighted by molar-refractivity contribution is -0.123. The Labute approximate surface area is 194 Å². The van der Waals surface area contributed by atoms with E-state index in [4.69, 9.17) is 9.15 Å². The molecule has 2 unspecified atom stereocenters. The van der Waals surface area contributed by atoms with E-state index in [0.29, 0.717) is 31.9 Å². The predicted molar refractivity (Wildman–Crippen MR) is 125 cm³/mol. The number of thioether (sulfide) groups is 1. The maximum atomic E-state index is 13.1. The first-order valence-corrected chi connectivity index (χ1v) is 13.5.